The Balaban J connectivity index is 2.09. The average molecular weight is 325 g/mol. The molecule has 1 aromatic heterocycles. The first-order valence-electron chi connectivity index (χ1n) is 7.38. The van der Waals surface area contributed by atoms with E-state index in [0.717, 1.165) is 33.1 Å². The predicted molar refractivity (Wildman–Crippen MR) is 95.6 cm³/mol. The molecule has 0 amide bonds. The number of benzene rings is 2. The highest BCUT2D eigenvalue weighted by atomic mass is 32.1. The normalized spacial score (nSPS) is 10.6. The third-order valence-electron chi connectivity index (χ3n) is 4.07. The Morgan fingerprint density at radius 2 is 1.65 bits per heavy atom. The van der Waals surface area contributed by atoms with Crippen molar-refractivity contribution in [1.82, 2.24) is 4.37 Å². The first-order chi connectivity index (χ1) is 11.1. The molecular weight excluding hydrogens is 306 g/mol. The number of hydrogen-bond acceptors (Lipinski definition) is 4. The van der Waals surface area contributed by atoms with Crippen LogP contribution in [0.2, 0.25) is 0 Å². The third-order valence-corrected chi connectivity index (χ3v) is 4.92. The molecule has 0 bridgehead atoms. The highest BCUT2D eigenvalue weighted by Crippen LogP contribution is 2.38. The summed E-state index contributed by atoms with van der Waals surface area (Å²) in [5, 5.41) is 0. The van der Waals surface area contributed by atoms with Crippen LogP contribution in [0.25, 0.3) is 21.6 Å². The average Bonchev–Trinajstić information content (AvgIpc) is 3.07. The summed E-state index contributed by atoms with van der Waals surface area (Å²) in [6.07, 6.45) is 1.92. The van der Waals surface area contributed by atoms with Crippen molar-refractivity contribution in [2.75, 3.05) is 14.2 Å². The SMILES string of the molecule is COc1ccc(-c2cnsc2-c2cc(C)c(C)c(OC)c2)cc1. The Kier molecular flexibility index (Phi) is 4.35. The van der Waals surface area contributed by atoms with Gasteiger partial charge in [0.2, 0.25) is 0 Å². The zero-order chi connectivity index (χ0) is 16.4. The van der Waals surface area contributed by atoms with Crippen molar-refractivity contribution in [1.29, 1.82) is 0 Å². The molecule has 118 valence electrons. The summed E-state index contributed by atoms with van der Waals surface area (Å²) in [4.78, 5) is 1.15. The largest absolute Gasteiger partial charge is 0.497 e. The zero-order valence-corrected chi connectivity index (χ0v) is 14.5. The molecule has 0 saturated heterocycles. The van der Waals surface area contributed by atoms with Crippen molar-refractivity contribution in [2.45, 2.75) is 13.8 Å². The van der Waals surface area contributed by atoms with Crippen molar-refractivity contribution in [3.8, 4) is 33.1 Å². The lowest BCUT2D eigenvalue weighted by molar-refractivity contribution is 0.411. The van der Waals surface area contributed by atoms with Gasteiger partial charge in [0.05, 0.1) is 19.1 Å². The van der Waals surface area contributed by atoms with E-state index in [0.29, 0.717) is 0 Å². The maximum absolute atomic E-state index is 5.51. The van der Waals surface area contributed by atoms with Gasteiger partial charge in [0.25, 0.3) is 0 Å². The van der Waals surface area contributed by atoms with Crippen molar-refractivity contribution in [3.05, 3.63) is 53.7 Å². The molecule has 0 unspecified atom stereocenters. The smallest absolute Gasteiger partial charge is 0.122 e. The molecule has 4 heteroatoms. The second-order valence-electron chi connectivity index (χ2n) is 5.42. The van der Waals surface area contributed by atoms with E-state index < -0.39 is 0 Å². The van der Waals surface area contributed by atoms with Gasteiger partial charge in [-0.1, -0.05) is 18.2 Å². The van der Waals surface area contributed by atoms with Crippen LogP contribution in [-0.4, -0.2) is 18.6 Å². The number of aryl methyl sites for hydroxylation is 1. The quantitative estimate of drug-likeness (QED) is 0.668. The highest BCUT2D eigenvalue weighted by Gasteiger charge is 2.13. The van der Waals surface area contributed by atoms with Crippen LogP contribution in [0.3, 0.4) is 0 Å². The lowest BCUT2D eigenvalue weighted by Crippen LogP contribution is -1.91. The molecule has 0 aliphatic carbocycles. The van der Waals surface area contributed by atoms with Crippen LogP contribution < -0.4 is 9.47 Å². The molecule has 0 atom stereocenters. The van der Waals surface area contributed by atoms with Crippen LogP contribution in [0.5, 0.6) is 11.5 Å². The molecule has 3 rings (SSSR count). The van der Waals surface area contributed by atoms with Gasteiger partial charge in [-0.3, -0.25) is 0 Å². The van der Waals surface area contributed by atoms with E-state index in [1.54, 1.807) is 14.2 Å². The lowest BCUT2D eigenvalue weighted by atomic mass is 9.99. The summed E-state index contributed by atoms with van der Waals surface area (Å²) in [7, 11) is 3.39. The van der Waals surface area contributed by atoms with Gasteiger partial charge >= 0.3 is 0 Å². The summed E-state index contributed by atoms with van der Waals surface area (Å²) in [5.74, 6) is 1.76. The fraction of sp³-hybridized carbons (Fsp3) is 0.211. The highest BCUT2D eigenvalue weighted by molar-refractivity contribution is 7.10. The summed E-state index contributed by atoms with van der Waals surface area (Å²) in [6.45, 7) is 4.18. The van der Waals surface area contributed by atoms with Crippen LogP contribution in [0.1, 0.15) is 11.1 Å². The van der Waals surface area contributed by atoms with E-state index in [2.05, 4.69) is 42.5 Å². The number of methoxy groups -OCH3 is 2. The number of hydrogen-bond donors (Lipinski definition) is 0. The van der Waals surface area contributed by atoms with Crippen LogP contribution in [0.4, 0.5) is 0 Å². The minimum absolute atomic E-state index is 0.853. The summed E-state index contributed by atoms with van der Waals surface area (Å²) in [6, 6.07) is 12.3. The molecule has 1 heterocycles. The Hall–Kier alpha value is -2.33. The Morgan fingerprint density at radius 3 is 2.30 bits per heavy atom. The maximum atomic E-state index is 5.51. The standard InChI is InChI=1S/C19H19NO2S/c1-12-9-15(10-18(22-4)13(12)2)19-17(11-20-23-19)14-5-7-16(21-3)8-6-14/h5-11H,1-4H3. The molecular formula is C19H19NO2S. The molecule has 3 aromatic rings. The maximum Gasteiger partial charge on any atom is 0.122 e. The molecule has 23 heavy (non-hydrogen) atoms. The monoisotopic (exact) mass is 325 g/mol. The van der Waals surface area contributed by atoms with E-state index in [1.807, 2.05) is 18.3 Å². The van der Waals surface area contributed by atoms with E-state index in [1.165, 1.54) is 22.7 Å². The number of rotatable bonds is 4. The summed E-state index contributed by atoms with van der Waals surface area (Å²) < 4.78 is 15.1. The van der Waals surface area contributed by atoms with Crippen molar-refractivity contribution in [3.63, 3.8) is 0 Å². The van der Waals surface area contributed by atoms with Crippen LogP contribution in [-0.2, 0) is 0 Å². The molecule has 0 saturated carbocycles. The molecule has 3 nitrogen and oxygen atoms in total. The molecule has 0 radical (unpaired) electrons. The van der Waals surface area contributed by atoms with Crippen LogP contribution >= 0.6 is 11.5 Å². The van der Waals surface area contributed by atoms with E-state index in [-0.39, 0.29) is 0 Å². The van der Waals surface area contributed by atoms with E-state index in [9.17, 15) is 0 Å². The fourth-order valence-corrected chi connectivity index (χ4v) is 3.35. The molecule has 2 aromatic carbocycles. The minimum Gasteiger partial charge on any atom is -0.497 e. The predicted octanol–water partition coefficient (Wildman–Crippen LogP) is 5.11. The van der Waals surface area contributed by atoms with Gasteiger partial charge < -0.3 is 9.47 Å². The Morgan fingerprint density at radius 1 is 0.913 bits per heavy atom. The minimum atomic E-state index is 0.853. The van der Waals surface area contributed by atoms with E-state index in [4.69, 9.17) is 9.47 Å². The van der Waals surface area contributed by atoms with Gasteiger partial charge in [0, 0.05) is 11.8 Å². The van der Waals surface area contributed by atoms with Gasteiger partial charge in [-0.15, -0.1) is 0 Å². The molecule has 0 fully saturated rings. The molecule has 0 N–H and O–H groups in total. The second kappa shape index (κ2) is 6.42. The van der Waals surface area contributed by atoms with Gasteiger partial charge in [0.15, 0.2) is 0 Å². The van der Waals surface area contributed by atoms with Crippen LogP contribution in [0.15, 0.2) is 42.6 Å². The first-order valence-corrected chi connectivity index (χ1v) is 8.16. The zero-order valence-electron chi connectivity index (χ0n) is 13.7. The molecule has 0 spiro atoms. The Labute approximate surface area is 140 Å². The van der Waals surface area contributed by atoms with E-state index >= 15 is 0 Å². The van der Waals surface area contributed by atoms with Crippen molar-refractivity contribution < 1.29 is 9.47 Å². The summed E-state index contributed by atoms with van der Waals surface area (Å²) >= 11 is 1.50. The number of nitrogens with zero attached hydrogens (tertiary/aromatic N) is 1. The van der Waals surface area contributed by atoms with Crippen LogP contribution in [0, 0.1) is 13.8 Å². The van der Waals surface area contributed by atoms with Gasteiger partial charge in [-0.25, -0.2) is 0 Å². The molecule has 0 aliphatic heterocycles. The topological polar surface area (TPSA) is 31.4 Å². The lowest BCUT2D eigenvalue weighted by Gasteiger charge is -2.11. The Bertz CT molecular complexity index is 822. The van der Waals surface area contributed by atoms with Gasteiger partial charge in [-0.05, 0) is 65.8 Å². The van der Waals surface area contributed by atoms with Crippen molar-refractivity contribution in [2.24, 2.45) is 0 Å². The second-order valence-corrected chi connectivity index (χ2v) is 6.22. The fourth-order valence-electron chi connectivity index (χ4n) is 2.59. The third kappa shape index (κ3) is 2.94. The van der Waals surface area contributed by atoms with Crippen molar-refractivity contribution >= 4 is 11.5 Å². The molecule has 0 aliphatic rings. The van der Waals surface area contributed by atoms with Gasteiger partial charge in [0.1, 0.15) is 11.5 Å². The number of ether oxygens (including phenoxy) is 2. The number of aromatic nitrogens is 1. The first kappa shape index (κ1) is 15.6. The van der Waals surface area contributed by atoms with Gasteiger partial charge in [-0.2, -0.15) is 4.37 Å². The summed E-state index contributed by atoms with van der Waals surface area (Å²) in [5.41, 5.74) is 5.79.